The first-order valence-electron chi connectivity index (χ1n) is 9.65. The van der Waals surface area contributed by atoms with E-state index in [1.807, 2.05) is 0 Å². The molecule has 33 heavy (non-hydrogen) atoms. The zero-order valence-electron chi connectivity index (χ0n) is 17.7. The van der Waals surface area contributed by atoms with Crippen LogP contribution in [0, 0.1) is 17.6 Å². The third-order valence-corrected chi connectivity index (χ3v) is 5.87. The molecule has 3 rings (SSSR count). The Morgan fingerprint density at radius 2 is 1.91 bits per heavy atom. The van der Waals surface area contributed by atoms with Crippen molar-refractivity contribution in [2.24, 2.45) is 11.7 Å². The van der Waals surface area contributed by atoms with Crippen LogP contribution in [0.2, 0.25) is 0 Å². The van der Waals surface area contributed by atoms with Gasteiger partial charge in [0.2, 0.25) is 11.7 Å². The highest BCUT2D eigenvalue weighted by Gasteiger charge is 2.65. The predicted octanol–water partition coefficient (Wildman–Crippen LogP) is 3.55. The third-order valence-electron chi connectivity index (χ3n) is 5.87. The number of alkyl halides is 3. The molecule has 0 saturated carbocycles. The second kappa shape index (κ2) is 8.58. The Labute approximate surface area is 185 Å². The van der Waals surface area contributed by atoms with Crippen molar-refractivity contribution in [3.63, 3.8) is 0 Å². The molecule has 1 aromatic heterocycles. The van der Waals surface area contributed by atoms with Crippen molar-refractivity contribution in [1.82, 2.24) is 4.98 Å². The summed E-state index contributed by atoms with van der Waals surface area (Å²) in [6.07, 6.45) is -5.51. The first kappa shape index (κ1) is 24.4. The van der Waals surface area contributed by atoms with E-state index in [9.17, 15) is 31.5 Å². The number of primary amides is 1. The number of aromatic nitrogens is 1. The van der Waals surface area contributed by atoms with Crippen molar-refractivity contribution in [3.05, 3.63) is 53.2 Å². The van der Waals surface area contributed by atoms with Gasteiger partial charge < -0.3 is 20.5 Å². The summed E-state index contributed by atoms with van der Waals surface area (Å²) < 4.78 is 80.0. The molecule has 12 heteroatoms. The van der Waals surface area contributed by atoms with Gasteiger partial charge in [-0.25, -0.2) is 9.37 Å². The van der Waals surface area contributed by atoms with Gasteiger partial charge in [0.05, 0.1) is 7.11 Å². The maximum Gasteiger partial charge on any atom is 0.417 e. The normalized spacial score (nSPS) is 25.0. The van der Waals surface area contributed by atoms with Crippen molar-refractivity contribution in [1.29, 1.82) is 0 Å². The molecular formula is C21H20F5N3O4. The van der Waals surface area contributed by atoms with Crippen molar-refractivity contribution in [2.45, 2.75) is 37.6 Å². The number of pyridine rings is 1. The largest absolute Gasteiger partial charge is 0.493 e. The molecule has 0 spiro atoms. The molecule has 0 radical (unpaired) electrons. The molecule has 178 valence electrons. The predicted molar refractivity (Wildman–Crippen MR) is 106 cm³/mol. The number of nitrogens with zero attached hydrogens (tertiary/aromatic N) is 1. The van der Waals surface area contributed by atoms with E-state index in [2.05, 4.69) is 10.3 Å². The molecule has 1 fully saturated rings. The van der Waals surface area contributed by atoms with E-state index in [0.29, 0.717) is 0 Å². The van der Waals surface area contributed by atoms with E-state index < -0.39 is 58.9 Å². The summed E-state index contributed by atoms with van der Waals surface area (Å²) in [6, 6.07) is 4.20. The van der Waals surface area contributed by atoms with Gasteiger partial charge in [0.1, 0.15) is 11.9 Å². The summed E-state index contributed by atoms with van der Waals surface area (Å²) in [6.45, 7) is 1.97. The van der Waals surface area contributed by atoms with Gasteiger partial charge in [-0.2, -0.15) is 17.6 Å². The first-order chi connectivity index (χ1) is 15.3. The Morgan fingerprint density at radius 3 is 2.48 bits per heavy atom. The van der Waals surface area contributed by atoms with Crippen LogP contribution in [0.4, 0.5) is 27.8 Å². The van der Waals surface area contributed by atoms with E-state index in [1.165, 1.54) is 19.2 Å². The van der Waals surface area contributed by atoms with Crippen molar-refractivity contribution < 1.29 is 41.0 Å². The summed E-state index contributed by atoms with van der Waals surface area (Å²) in [7, 11) is 1.03. The van der Waals surface area contributed by atoms with Crippen LogP contribution < -0.4 is 15.8 Å². The smallest absolute Gasteiger partial charge is 0.417 e. The van der Waals surface area contributed by atoms with E-state index in [4.69, 9.17) is 15.2 Å². The van der Waals surface area contributed by atoms with Crippen LogP contribution in [0.1, 0.15) is 35.7 Å². The molecule has 0 aliphatic carbocycles. The van der Waals surface area contributed by atoms with Crippen LogP contribution in [-0.2, 0) is 9.53 Å². The third kappa shape index (κ3) is 4.22. The average Bonchev–Trinajstić information content (AvgIpc) is 3.02. The number of carbonyl (C=O) groups excluding carboxylic acids is 2. The molecule has 0 unspecified atom stereocenters. The van der Waals surface area contributed by atoms with Crippen LogP contribution in [0.3, 0.4) is 0 Å². The fraction of sp³-hybridized carbons (Fsp3) is 0.381. The lowest BCUT2D eigenvalue weighted by atomic mass is 9.77. The second-order valence-corrected chi connectivity index (χ2v) is 7.72. The Hall–Kier alpha value is -3.28. The van der Waals surface area contributed by atoms with E-state index in [1.54, 1.807) is 0 Å². The number of anilines is 1. The van der Waals surface area contributed by atoms with Crippen LogP contribution in [0.25, 0.3) is 0 Å². The SMILES string of the molecule is COc1c([C@H]2[C@@H](C(=O)Nc3cc(C(N)=O)ccn3)O[C@@](C)(C(F)(F)F)[C@@H]2C)ccc(F)c1F. The van der Waals surface area contributed by atoms with Gasteiger partial charge in [0, 0.05) is 29.2 Å². The highest BCUT2D eigenvalue weighted by Crippen LogP contribution is 2.54. The number of halogens is 5. The Morgan fingerprint density at radius 1 is 1.24 bits per heavy atom. The van der Waals surface area contributed by atoms with Crippen LogP contribution in [-0.4, -0.2) is 41.8 Å². The van der Waals surface area contributed by atoms with Gasteiger partial charge in [-0.05, 0) is 25.1 Å². The number of nitrogens with one attached hydrogen (secondary N) is 1. The van der Waals surface area contributed by atoms with Crippen molar-refractivity contribution >= 4 is 17.6 Å². The lowest BCUT2D eigenvalue weighted by molar-refractivity contribution is -0.272. The number of amides is 2. The van der Waals surface area contributed by atoms with Gasteiger partial charge >= 0.3 is 6.18 Å². The van der Waals surface area contributed by atoms with Crippen molar-refractivity contribution in [2.75, 3.05) is 12.4 Å². The topological polar surface area (TPSA) is 104 Å². The maximum absolute atomic E-state index is 14.3. The van der Waals surface area contributed by atoms with Crippen LogP contribution in [0.15, 0.2) is 30.5 Å². The molecule has 1 aliphatic rings. The number of methoxy groups -OCH3 is 1. The summed E-state index contributed by atoms with van der Waals surface area (Å²) in [5.74, 6) is -8.10. The van der Waals surface area contributed by atoms with Gasteiger partial charge in [-0.1, -0.05) is 13.0 Å². The van der Waals surface area contributed by atoms with E-state index >= 15 is 0 Å². The lowest BCUT2D eigenvalue weighted by Gasteiger charge is -2.32. The summed E-state index contributed by atoms with van der Waals surface area (Å²) >= 11 is 0. The fourth-order valence-corrected chi connectivity index (χ4v) is 3.89. The van der Waals surface area contributed by atoms with Gasteiger partial charge in [0.15, 0.2) is 17.2 Å². The second-order valence-electron chi connectivity index (χ2n) is 7.72. The molecule has 2 heterocycles. The highest BCUT2D eigenvalue weighted by atomic mass is 19.4. The first-order valence-corrected chi connectivity index (χ1v) is 9.65. The summed E-state index contributed by atoms with van der Waals surface area (Å²) in [5.41, 5.74) is 2.22. The molecular weight excluding hydrogens is 453 g/mol. The quantitative estimate of drug-likeness (QED) is 0.647. The molecule has 4 atom stereocenters. The molecule has 0 bridgehead atoms. The van der Waals surface area contributed by atoms with Crippen LogP contribution in [0.5, 0.6) is 5.75 Å². The number of nitrogens with two attached hydrogens (primary N) is 1. The van der Waals surface area contributed by atoms with Crippen molar-refractivity contribution in [3.8, 4) is 5.75 Å². The number of rotatable bonds is 5. The number of hydrogen-bond donors (Lipinski definition) is 2. The molecule has 3 N–H and O–H groups in total. The monoisotopic (exact) mass is 473 g/mol. The molecule has 2 aromatic rings. The standard InChI is InChI=1S/C21H20F5N3O4/c1-9-14(11-4-5-12(22)15(23)16(11)32-3)17(33-20(9,2)21(24,25)26)19(31)29-13-8-10(18(27)30)6-7-28-13/h4-9,14,17H,1-3H3,(H2,27,30)(H,28,29,31)/t9-,14+,17+,20-/m1/s1. The number of hydrogen-bond acceptors (Lipinski definition) is 5. The Kier molecular flexibility index (Phi) is 6.33. The number of carbonyl (C=O) groups is 2. The molecule has 7 nitrogen and oxygen atoms in total. The van der Waals surface area contributed by atoms with E-state index in [-0.39, 0.29) is 16.9 Å². The lowest BCUT2D eigenvalue weighted by Crippen LogP contribution is -2.47. The summed E-state index contributed by atoms with van der Waals surface area (Å²) in [5, 5.41) is 2.29. The minimum absolute atomic E-state index is 0.0000342. The number of ether oxygens (including phenoxy) is 2. The number of benzene rings is 1. The Balaban J connectivity index is 2.07. The van der Waals surface area contributed by atoms with Gasteiger partial charge in [0.25, 0.3) is 5.91 Å². The molecule has 1 aromatic carbocycles. The van der Waals surface area contributed by atoms with Crippen LogP contribution >= 0.6 is 0 Å². The average molecular weight is 473 g/mol. The molecule has 2 amide bonds. The minimum Gasteiger partial charge on any atom is -0.493 e. The Bertz CT molecular complexity index is 1090. The van der Waals surface area contributed by atoms with Gasteiger partial charge in [-0.15, -0.1) is 0 Å². The highest BCUT2D eigenvalue weighted by molar-refractivity contribution is 5.97. The van der Waals surface area contributed by atoms with Gasteiger partial charge in [-0.3, -0.25) is 9.59 Å². The minimum atomic E-state index is -4.89. The fourth-order valence-electron chi connectivity index (χ4n) is 3.89. The molecule has 1 aliphatic heterocycles. The summed E-state index contributed by atoms with van der Waals surface area (Å²) in [4.78, 5) is 28.2. The zero-order chi connectivity index (χ0) is 24.7. The van der Waals surface area contributed by atoms with E-state index in [0.717, 1.165) is 32.2 Å². The zero-order valence-corrected chi connectivity index (χ0v) is 17.7. The molecule has 1 saturated heterocycles. The maximum atomic E-state index is 14.3.